The van der Waals surface area contributed by atoms with Crippen molar-refractivity contribution in [3.8, 4) is 11.1 Å². The molecule has 8 nitrogen and oxygen atoms in total. The van der Waals surface area contributed by atoms with E-state index < -0.39 is 0 Å². The minimum atomic E-state index is -0.140. The highest BCUT2D eigenvalue weighted by Gasteiger charge is 2.18. The Morgan fingerprint density at radius 1 is 1.02 bits per heavy atom. The van der Waals surface area contributed by atoms with Gasteiger partial charge in [0.2, 0.25) is 5.95 Å². The summed E-state index contributed by atoms with van der Waals surface area (Å²) in [6.45, 7) is 8.65. The second kappa shape index (κ2) is 11.7. The van der Waals surface area contributed by atoms with E-state index in [0.717, 1.165) is 53.6 Å². The number of pyridine rings is 1. The third-order valence-electron chi connectivity index (χ3n) is 7.48. The van der Waals surface area contributed by atoms with E-state index in [1.54, 1.807) is 22.5 Å². The van der Waals surface area contributed by atoms with E-state index in [1.807, 2.05) is 49.5 Å². The molecule has 0 aliphatic carbocycles. The molecule has 10 heteroatoms. The molecule has 0 unspecified atom stereocenters. The lowest BCUT2D eigenvalue weighted by Gasteiger charge is -2.34. The molecule has 0 radical (unpaired) electrons. The predicted octanol–water partition coefficient (Wildman–Crippen LogP) is 6.02. The minimum absolute atomic E-state index is 0.140. The number of nitrogens with zero attached hydrogens (tertiary/aromatic N) is 6. The molecule has 2 aliphatic heterocycles. The van der Waals surface area contributed by atoms with Gasteiger partial charge >= 0.3 is 0 Å². The van der Waals surface area contributed by atoms with Crippen LogP contribution in [0.25, 0.3) is 22.2 Å². The fourth-order valence-electron chi connectivity index (χ4n) is 5.10. The van der Waals surface area contributed by atoms with E-state index in [0.29, 0.717) is 34.3 Å². The first-order valence-corrected chi connectivity index (χ1v) is 15.1. The molecule has 6 rings (SSSR count). The lowest BCUT2D eigenvalue weighted by atomic mass is 10.0. The van der Waals surface area contributed by atoms with Crippen LogP contribution >= 0.6 is 23.4 Å². The van der Waals surface area contributed by atoms with E-state index in [1.165, 1.54) is 11.3 Å². The van der Waals surface area contributed by atoms with Gasteiger partial charge in [-0.25, -0.2) is 9.98 Å². The third kappa shape index (κ3) is 5.75. The van der Waals surface area contributed by atoms with Crippen molar-refractivity contribution in [1.29, 1.82) is 0 Å². The number of fused-ring (bicyclic) bond motifs is 1. The normalized spacial score (nSPS) is 16.0. The van der Waals surface area contributed by atoms with Crippen LogP contribution in [0.5, 0.6) is 0 Å². The molecular formula is C31H32ClN7OS. The van der Waals surface area contributed by atoms with Gasteiger partial charge < -0.3 is 15.1 Å². The largest absolute Gasteiger partial charge is 0.369 e. The summed E-state index contributed by atoms with van der Waals surface area (Å²) in [7, 11) is 2.16. The zero-order valence-corrected chi connectivity index (χ0v) is 25.0. The van der Waals surface area contributed by atoms with Gasteiger partial charge in [-0.1, -0.05) is 23.7 Å². The monoisotopic (exact) mass is 585 g/mol. The van der Waals surface area contributed by atoms with E-state index >= 15 is 0 Å². The number of aryl methyl sites for hydroxylation is 1. The molecule has 1 fully saturated rings. The summed E-state index contributed by atoms with van der Waals surface area (Å²) < 4.78 is 1.67. The van der Waals surface area contributed by atoms with Crippen LogP contribution in [0.4, 0.5) is 17.3 Å². The average Bonchev–Trinajstić information content (AvgIpc) is 2.98. The summed E-state index contributed by atoms with van der Waals surface area (Å²) in [5.41, 5.74) is 5.92. The maximum Gasteiger partial charge on any atom is 0.260 e. The predicted molar refractivity (Wildman–Crippen MR) is 172 cm³/mol. The van der Waals surface area contributed by atoms with Gasteiger partial charge in [0, 0.05) is 89.3 Å². The number of halogens is 1. The molecule has 0 bridgehead atoms. The zero-order chi connectivity index (χ0) is 28.5. The first-order valence-electron chi connectivity index (χ1n) is 13.8. The van der Waals surface area contributed by atoms with Gasteiger partial charge in [0.1, 0.15) is 10.7 Å². The minimum Gasteiger partial charge on any atom is -0.369 e. The highest BCUT2D eigenvalue weighted by molar-refractivity contribution is 8.14. The zero-order valence-electron chi connectivity index (χ0n) is 23.4. The van der Waals surface area contributed by atoms with Gasteiger partial charge in [0.25, 0.3) is 5.56 Å². The summed E-state index contributed by atoms with van der Waals surface area (Å²) in [6.07, 6.45) is 3.65. The number of piperazine rings is 1. The fraction of sp³-hybridized carbons (Fsp3) is 0.290. The highest BCUT2D eigenvalue weighted by Crippen LogP contribution is 2.31. The molecule has 2 aromatic heterocycles. The Morgan fingerprint density at radius 3 is 2.49 bits per heavy atom. The van der Waals surface area contributed by atoms with Crippen LogP contribution in [0, 0.1) is 0 Å². The van der Waals surface area contributed by atoms with Crippen molar-refractivity contribution in [2.24, 2.45) is 4.99 Å². The summed E-state index contributed by atoms with van der Waals surface area (Å²) in [5.74, 6) is 1.35. The number of nitrogens with one attached hydrogen (secondary N) is 1. The maximum absolute atomic E-state index is 13.6. The first kappa shape index (κ1) is 27.5. The SMILES string of the molecule is CCn1c(=O)c(-c2ccc(C3=NC=C(C)CS3)cc2Cl)cc2cnc(Nc3ccc(N4CCN(C)CC4)cc3)nc21. The van der Waals surface area contributed by atoms with Crippen LogP contribution in [-0.4, -0.2) is 63.5 Å². The van der Waals surface area contributed by atoms with Gasteiger partial charge in [0.05, 0.1) is 0 Å². The fourth-order valence-corrected chi connectivity index (χ4v) is 6.25. The lowest BCUT2D eigenvalue weighted by molar-refractivity contribution is 0.313. The van der Waals surface area contributed by atoms with E-state index in [4.69, 9.17) is 16.6 Å². The van der Waals surface area contributed by atoms with E-state index in [2.05, 4.69) is 51.2 Å². The van der Waals surface area contributed by atoms with Gasteiger partial charge in [0.15, 0.2) is 0 Å². The van der Waals surface area contributed by atoms with Crippen LogP contribution in [0.2, 0.25) is 5.02 Å². The van der Waals surface area contributed by atoms with Gasteiger partial charge in [-0.3, -0.25) is 9.36 Å². The van der Waals surface area contributed by atoms with Crippen LogP contribution in [0.1, 0.15) is 19.4 Å². The molecule has 1 saturated heterocycles. The smallest absolute Gasteiger partial charge is 0.260 e. The molecule has 2 aliphatic rings. The molecule has 0 saturated carbocycles. The first-order chi connectivity index (χ1) is 19.9. The molecule has 210 valence electrons. The van der Waals surface area contributed by atoms with Crippen LogP contribution in [-0.2, 0) is 6.54 Å². The number of hydrogen-bond acceptors (Lipinski definition) is 8. The van der Waals surface area contributed by atoms with Crippen molar-refractivity contribution in [3.05, 3.63) is 87.4 Å². The topological polar surface area (TPSA) is 78.7 Å². The quantitative estimate of drug-likeness (QED) is 0.296. The summed E-state index contributed by atoms with van der Waals surface area (Å²) in [5, 5.41) is 5.50. The van der Waals surface area contributed by atoms with Gasteiger partial charge in [-0.05, 0) is 62.9 Å². The van der Waals surface area contributed by atoms with Crippen molar-refractivity contribution in [1.82, 2.24) is 19.4 Å². The summed E-state index contributed by atoms with van der Waals surface area (Å²) >= 11 is 8.42. The molecule has 0 spiro atoms. The molecule has 2 aromatic carbocycles. The Balaban J connectivity index is 1.27. The standard InChI is InChI=1S/C31H32ClN7OS/c1-4-39-28-22(15-26(30(39)40)25-10-5-21(16-27(25)32)29-33-17-20(2)19-41-29)18-34-31(36-28)35-23-6-8-24(9-7-23)38-13-11-37(3)12-14-38/h5-10,15-18H,4,11-14,19H2,1-3H3,(H,34,35,36). The van der Waals surface area contributed by atoms with Gasteiger partial charge in [-0.15, -0.1) is 11.8 Å². The second-order valence-electron chi connectivity index (χ2n) is 10.4. The number of aliphatic imine (C=N–C) groups is 1. The molecule has 1 N–H and O–H groups in total. The Bertz CT molecular complexity index is 1720. The molecule has 4 aromatic rings. The van der Waals surface area contributed by atoms with Crippen molar-refractivity contribution in [2.75, 3.05) is 49.2 Å². The second-order valence-corrected chi connectivity index (χ2v) is 11.8. The Morgan fingerprint density at radius 2 is 1.80 bits per heavy atom. The number of thioether (sulfide) groups is 1. The molecular weight excluding hydrogens is 554 g/mol. The number of benzene rings is 2. The summed E-state index contributed by atoms with van der Waals surface area (Å²) in [6, 6.07) is 15.9. The number of rotatable bonds is 6. The highest BCUT2D eigenvalue weighted by atomic mass is 35.5. The molecule has 0 amide bonds. The van der Waals surface area contributed by atoms with Crippen LogP contribution < -0.4 is 15.8 Å². The van der Waals surface area contributed by atoms with Crippen molar-refractivity contribution in [3.63, 3.8) is 0 Å². The Kier molecular flexibility index (Phi) is 7.84. The number of likely N-dealkylation sites (N-methyl/N-ethyl adjacent to an activating group) is 1. The van der Waals surface area contributed by atoms with Gasteiger partial charge in [-0.2, -0.15) is 4.98 Å². The number of hydrogen-bond donors (Lipinski definition) is 1. The molecule has 0 atom stereocenters. The van der Waals surface area contributed by atoms with Crippen LogP contribution in [0.15, 0.2) is 76.3 Å². The lowest BCUT2D eigenvalue weighted by Crippen LogP contribution is -2.44. The van der Waals surface area contributed by atoms with Crippen molar-refractivity contribution >= 4 is 56.8 Å². The van der Waals surface area contributed by atoms with Crippen molar-refractivity contribution in [2.45, 2.75) is 20.4 Å². The van der Waals surface area contributed by atoms with Crippen LogP contribution in [0.3, 0.4) is 0 Å². The average molecular weight is 586 g/mol. The Labute approximate surface area is 248 Å². The number of anilines is 3. The van der Waals surface area contributed by atoms with Crippen molar-refractivity contribution < 1.29 is 0 Å². The maximum atomic E-state index is 13.6. The van der Waals surface area contributed by atoms with E-state index in [-0.39, 0.29) is 5.56 Å². The number of aromatic nitrogens is 3. The summed E-state index contributed by atoms with van der Waals surface area (Å²) in [4.78, 5) is 32.2. The molecule has 4 heterocycles. The third-order valence-corrected chi connectivity index (χ3v) is 9.01. The molecule has 41 heavy (non-hydrogen) atoms. The Hall–Kier alpha value is -3.66. The van der Waals surface area contributed by atoms with E-state index in [9.17, 15) is 4.79 Å².